The van der Waals surface area contributed by atoms with Gasteiger partial charge in [-0.25, -0.2) is 4.79 Å². The fraction of sp³-hybridized carbons (Fsp3) is 0. The Balaban J connectivity index is 3.23. The molecule has 0 radical (unpaired) electrons. The van der Waals surface area contributed by atoms with Gasteiger partial charge in [-0.3, -0.25) is 0 Å². The van der Waals surface area contributed by atoms with E-state index >= 15 is 0 Å². The number of hydrogen-bond acceptors (Lipinski definition) is 2. The highest BCUT2D eigenvalue weighted by Crippen LogP contribution is 2.04. The van der Waals surface area contributed by atoms with Crippen LogP contribution in [0.5, 0.6) is 0 Å². The summed E-state index contributed by atoms with van der Waals surface area (Å²) >= 11 is 0. The second kappa shape index (κ2) is 8.84. The molecule has 0 saturated heterocycles. The molecule has 1 aromatic carbocycles. The topological polar surface area (TPSA) is 29.4 Å². The predicted octanol–water partition coefficient (Wildman–Crippen LogP) is 3.90. The smallest absolute Gasteiger partial charge is 0.211 e. The highest BCUT2D eigenvalue weighted by molar-refractivity contribution is 5.47. The third-order valence-electron chi connectivity index (χ3n) is 1.82. The van der Waals surface area contributed by atoms with E-state index in [9.17, 15) is 4.79 Å². The molecule has 0 unspecified atom stereocenters. The lowest BCUT2D eigenvalue weighted by Gasteiger charge is -1.80. The summed E-state index contributed by atoms with van der Waals surface area (Å²) in [6.07, 6.45) is 1.53. The zero-order chi connectivity index (χ0) is 12.2. The first-order chi connectivity index (χ1) is 8.43. The van der Waals surface area contributed by atoms with Gasteiger partial charge in [-0.15, -0.1) is 0 Å². The molecule has 0 saturated carbocycles. The van der Waals surface area contributed by atoms with Gasteiger partial charge in [-0.05, 0) is 12.1 Å². The number of hydrogen-bond donors (Lipinski definition) is 0. The molecule has 0 fully saturated rings. The monoisotopic (exact) mass is 223 g/mol. The fourth-order valence-electron chi connectivity index (χ4n) is 1.07. The Morgan fingerprint density at radius 1 is 0.647 bits per heavy atom. The van der Waals surface area contributed by atoms with E-state index in [-0.39, 0.29) is 0 Å². The first-order valence-corrected chi connectivity index (χ1v) is 5.23. The highest BCUT2D eigenvalue weighted by Gasteiger charge is 1.77. The Labute approximate surface area is 101 Å². The molecular weight excluding hydrogens is 210 g/mol. The molecule has 0 aliphatic rings. The van der Waals surface area contributed by atoms with E-state index in [1.54, 1.807) is 12.1 Å². The number of isocyanates is 1. The van der Waals surface area contributed by atoms with Crippen molar-refractivity contribution in [3.8, 4) is 0 Å². The van der Waals surface area contributed by atoms with Crippen molar-refractivity contribution in [1.29, 1.82) is 0 Å². The van der Waals surface area contributed by atoms with Crippen LogP contribution in [0.25, 0.3) is 0 Å². The lowest BCUT2D eigenvalue weighted by molar-refractivity contribution is 0.565. The maximum atomic E-state index is 10.2. The summed E-state index contributed by atoms with van der Waals surface area (Å²) in [7, 11) is 0. The van der Waals surface area contributed by atoms with Crippen LogP contribution < -0.4 is 0 Å². The van der Waals surface area contributed by atoms with Crippen LogP contribution in [0.1, 0.15) is 0 Å². The number of nitrogens with zero attached hydrogens (tertiary/aromatic N) is 1. The van der Waals surface area contributed by atoms with E-state index < -0.39 is 0 Å². The summed E-state index contributed by atoms with van der Waals surface area (Å²) in [4.78, 5) is 13.8. The SMILES string of the molecule is O=C=Nc1ccccccccccccc1. The van der Waals surface area contributed by atoms with Gasteiger partial charge in [0.05, 0.1) is 5.69 Å². The van der Waals surface area contributed by atoms with Crippen molar-refractivity contribution in [3.05, 3.63) is 78.9 Å². The van der Waals surface area contributed by atoms with Gasteiger partial charge in [-0.2, -0.15) is 4.99 Å². The van der Waals surface area contributed by atoms with Gasteiger partial charge in [0.1, 0.15) is 0 Å². The van der Waals surface area contributed by atoms with Crippen LogP contribution in [0, 0.1) is 0 Å². The van der Waals surface area contributed by atoms with Gasteiger partial charge in [0, 0.05) is 0 Å². The minimum atomic E-state index is 0.561. The van der Waals surface area contributed by atoms with Gasteiger partial charge in [0.25, 0.3) is 0 Å². The standard InChI is InChI=1S/C15H13NO/c17-14-16-15-12-10-8-6-4-2-1-3-5-7-9-11-13-15/h1-13H. The largest absolute Gasteiger partial charge is 0.240 e. The number of rotatable bonds is 1. The third-order valence-corrected chi connectivity index (χ3v) is 1.82. The normalized spacial score (nSPS) is 8.00. The van der Waals surface area contributed by atoms with E-state index in [1.165, 1.54) is 6.08 Å². The lowest BCUT2D eigenvalue weighted by Crippen LogP contribution is -1.56. The molecular formula is C15H13NO. The van der Waals surface area contributed by atoms with Gasteiger partial charge >= 0.3 is 0 Å². The van der Waals surface area contributed by atoms with Crippen LogP contribution in [0.3, 0.4) is 0 Å². The maximum Gasteiger partial charge on any atom is 0.240 e. The average molecular weight is 223 g/mol. The molecule has 1 aromatic rings. The Hall–Kier alpha value is -2.44. The summed E-state index contributed by atoms with van der Waals surface area (Å²) in [6, 6.07) is 24.3. The van der Waals surface area contributed by atoms with Gasteiger partial charge < -0.3 is 0 Å². The zero-order valence-corrected chi connectivity index (χ0v) is 9.36. The van der Waals surface area contributed by atoms with Crippen LogP contribution in [0.15, 0.2) is 83.9 Å². The van der Waals surface area contributed by atoms with Gasteiger partial charge in [-0.1, -0.05) is 66.7 Å². The summed E-state index contributed by atoms with van der Waals surface area (Å²) < 4.78 is 0. The first kappa shape index (κ1) is 12.6. The van der Waals surface area contributed by atoms with Crippen molar-refractivity contribution in [3.63, 3.8) is 0 Å². The molecule has 1 rings (SSSR count). The summed E-state index contributed by atoms with van der Waals surface area (Å²) in [5.41, 5.74) is 0.561. The molecule has 0 N–H and O–H groups in total. The van der Waals surface area contributed by atoms with Crippen molar-refractivity contribution in [2.75, 3.05) is 0 Å². The molecule has 0 atom stereocenters. The highest BCUT2D eigenvalue weighted by atomic mass is 16.1. The second-order valence-electron chi connectivity index (χ2n) is 3.08. The molecule has 0 heterocycles. The van der Waals surface area contributed by atoms with Crippen LogP contribution >= 0.6 is 0 Å². The van der Waals surface area contributed by atoms with Crippen LogP contribution in [-0.2, 0) is 4.79 Å². The van der Waals surface area contributed by atoms with E-state index in [1.807, 2.05) is 66.7 Å². The molecule has 17 heavy (non-hydrogen) atoms. The molecule has 0 bridgehead atoms. The summed E-state index contributed by atoms with van der Waals surface area (Å²) in [5, 5.41) is 0. The maximum absolute atomic E-state index is 10.2. The van der Waals surface area contributed by atoms with E-state index in [0.717, 1.165) is 0 Å². The first-order valence-electron chi connectivity index (χ1n) is 5.23. The van der Waals surface area contributed by atoms with E-state index in [2.05, 4.69) is 4.99 Å². The molecule has 0 spiro atoms. The van der Waals surface area contributed by atoms with Crippen molar-refractivity contribution in [2.24, 2.45) is 4.99 Å². The molecule has 0 aromatic heterocycles. The van der Waals surface area contributed by atoms with E-state index in [0.29, 0.717) is 5.69 Å². The average Bonchev–Trinajstić information content (AvgIpc) is 2.34. The fourth-order valence-corrected chi connectivity index (χ4v) is 1.07. The minimum Gasteiger partial charge on any atom is -0.211 e. The van der Waals surface area contributed by atoms with Crippen LogP contribution in [-0.4, -0.2) is 6.08 Å². The molecule has 84 valence electrons. The van der Waals surface area contributed by atoms with Crippen LogP contribution in [0.2, 0.25) is 0 Å². The van der Waals surface area contributed by atoms with Crippen LogP contribution in [0.4, 0.5) is 5.69 Å². The van der Waals surface area contributed by atoms with Crippen molar-refractivity contribution in [1.82, 2.24) is 0 Å². The second-order valence-corrected chi connectivity index (χ2v) is 3.08. The molecule has 0 amide bonds. The molecule has 2 heteroatoms. The quantitative estimate of drug-likeness (QED) is 0.524. The Morgan fingerprint density at radius 3 is 1.35 bits per heavy atom. The number of aliphatic imine (C=N–C) groups is 1. The van der Waals surface area contributed by atoms with Crippen molar-refractivity contribution in [2.45, 2.75) is 0 Å². The summed E-state index contributed by atoms with van der Waals surface area (Å²) in [6.45, 7) is 0. The number of carbonyl (C=O) groups excluding carboxylic acids is 1. The Morgan fingerprint density at radius 2 is 1.00 bits per heavy atom. The molecule has 0 aliphatic carbocycles. The zero-order valence-electron chi connectivity index (χ0n) is 9.36. The lowest BCUT2D eigenvalue weighted by atomic mass is 10.3. The molecule has 0 aliphatic heterocycles. The third kappa shape index (κ3) is 6.61. The van der Waals surface area contributed by atoms with Gasteiger partial charge in [0.2, 0.25) is 6.08 Å². The predicted molar refractivity (Wildman–Crippen MR) is 69.5 cm³/mol. The van der Waals surface area contributed by atoms with E-state index in [4.69, 9.17) is 0 Å². The Bertz CT molecular complexity index is 467. The summed E-state index contributed by atoms with van der Waals surface area (Å²) in [5.74, 6) is 0. The van der Waals surface area contributed by atoms with Gasteiger partial charge in [0.15, 0.2) is 0 Å². The van der Waals surface area contributed by atoms with Crippen molar-refractivity contribution >= 4 is 11.8 Å². The van der Waals surface area contributed by atoms with Crippen molar-refractivity contribution < 1.29 is 4.79 Å². The Kier molecular flexibility index (Phi) is 6.56. The minimum absolute atomic E-state index is 0.561. The molecule has 2 nitrogen and oxygen atoms in total.